The Bertz CT molecular complexity index is 1090. The van der Waals surface area contributed by atoms with Crippen LogP contribution in [0.2, 0.25) is 0 Å². The Kier molecular flexibility index (Phi) is 6.06. The largest absolute Gasteiger partial charge is 0.355 e. The van der Waals surface area contributed by atoms with E-state index >= 15 is 0 Å². The van der Waals surface area contributed by atoms with E-state index in [1.165, 1.54) is 30.4 Å². The predicted octanol–water partition coefficient (Wildman–Crippen LogP) is 3.44. The third-order valence-corrected chi connectivity index (χ3v) is 6.80. The number of hydrogen-bond donors (Lipinski definition) is 1. The number of piperidine rings is 1. The van der Waals surface area contributed by atoms with Gasteiger partial charge in [0.1, 0.15) is 12.2 Å². The molecule has 1 atom stereocenters. The zero-order valence-corrected chi connectivity index (χ0v) is 18.9. The van der Waals surface area contributed by atoms with Gasteiger partial charge in [-0.1, -0.05) is 36.2 Å². The molecule has 3 aromatic rings. The van der Waals surface area contributed by atoms with E-state index in [-0.39, 0.29) is 11.8 Å². The molecular formula is C25H32N6O. The number of hydrogen-bond acceptors (Lipinski definition) is 5. The molecule has 0 bridgehead atoms. The molecule has 0 spiro atoms. The highest BCUT2D eigenvalue weighted by Crippen LogP contribution is 2.29. The highest BCUT2D eigenvalue weighted by Gasteiger charge is 2.28. The van der Waals surface area contributed by atoms with Crippen LogP contribution in [0, 0.1) is 12.8 Å². The van der Waals surface area contributed by atoms with Gasteiger partial charge in [-0.05, 0) is 44.6 Å². The van der Waals surface area contributed by atoms with Gasteiger partial charge in [0.25, 0.3) is 0 Å². The summed E-state index contributed by atoms with van der Waals surface area (Å²) in [7, 11) is 0. The van der Waals surface area contributed by atoms with E-state index in [2.05, 4.69) is 55.9 Å². The highest BCUT2D eigenvalue weighted by atomic mass is 16.1. The van der Waals surface area contributed by atoms with Crippen molar-refractivity contribution in [3.63, 3.8) is 0 Å². The maximum Gasteiger partial charge on any atom is 0.224 e. The number of nitrogens with one attached hydrogen (secondary N) is 1. The second kappa shape index (κ2) is 9.27. The third kappa shape index (κ3) is 4.33. The second-order valence-corrected chi connectivity index (χ2v) is 9.17. The van der Waals surface area contributed by atoms with Crippen molar-refractivity contribution in [2.24, 2.45) is 5.92 Å². The molecule has 4 heterocycles. The average molecular weight is 433 g/mol. The first-order chi connectivity index (χ1) is 15.7. The summed E-state index contributed by atoms with van der Waals surface area (Å²) in [5.41, 5.74) is 4.35. The normalized spacial score (nSPS) is 18.9. The lowest BCUT2D eigenvalue weighted by Gasteiger charge is -2.32. The van der Waals surface area contributed by atoms with Crippen LogP contribution >= 0.6 is 0 Å². The van der Waals surface area contributed by atoms with Crippen molar-refractivity contribution in [3.8, 4) is 0 Å². The maximum atomic E-state index is 12.9. The van der Waals surface area contributed by atoms with Crippen molar-refractivity contribution in [2.75, 3.05) is 24.5 Å². The summed E-state index contributed by atoms with van der Waals surface area (Å²) >= 11 is 0. The minimum Gasteiger partial charge on any atom is -0.355 e. The number of amides is 1. The fourth-order valence-electron chi connectivity index (χ4n) is 4.97. The molecule has 1 saturated heterocycles. The van der Waals surface area contributed by atoms with E-state index < -0.39 is 0 Å². The summed E-state index contributed by atoms with van der Waals surface area (Å²) in [6.45, 7) is 5.33. The van der Waals surface area contributed by atoms with Gasteiger partial charge in [0.15, 0.2) is 17.0 Å². The molecule has 5 rings (SSSR count). The molecule has 32 heavy (non-hydrogen) atoms. The van der Waals surface area contributed by atoms with Gasteiger partial charge < -0.3 is 14.8 Å². The molecule has 0 unspecified atom stereocenters. The molecule has 7 nitrogen and oxygen atoms in total. The zero-order valence-electron chi connectivity index (χ0n) is 18.9. The van der Waals surface area contributed by atoms with Crippen molar-refractivity contribution in [3.05, 3.63) is 47.5 Å². The van der Waals surface area contributed by atoms with Crippen LogP contribution < -0.4 is 10.2 Å². The van der Waals surface area contributed by atoms with E-state index in [1.807, 2.05) is 0 Å². The lowest BCUT2D eigenvalue weighted by atomic mass is 9.97. The lowest BCUT2D eigenvalue weighted by Crippen LogP contribution is -2.44. The van der Waals surface area contributed by atoms with E-state index in [0.29, 0.717) is 13.1 Å². The molecular weight excluding hydrogens is 400 g/mol. The van der Waals surface area contributed by atoms with Crippen LogP contribution in [0.25, 0.3) is 11.2 Å². The summed E-state index contributed by atoms with van der Waals surface area (Å²) in [4.78, 5) is 29.2. The minimum atomic E-state index is -0.0211. The van der Waals surface area contributed by atoms with Crippen LogP contribution in [0.1, 0.15) is 49.1 Å². The fraction of sp³-hybridized carbons (Fsp3) is 0.520. The number of rotatable bonds is 5. The zero-order chi connectivity index (χ0) is 21.9. The fourth-order valence-corrected chi connectivity index (χ4v) is 4.97. The quantitative estimate of drug-likeness (QED) is 0.668. The van der Waals surface area contributed by atoms with Crippen LogP contribution in [-0.4, -0.2) is 45.1 Å². The summed E-state index contributed by atoms with van der Waals surface area (Å²) in [5.74, 6) is 2.13. The molecule has 7 heteroatoms. The van der Waals surface area contributed by atoms with Crippen molar-refractivity contribution in [1.82, 2.24) is 24.8 Å². The Balaban J connectivity index is 1.26. The smallest absolute Gasteiger partial charge is 0.224 e. The SMILES string of the molecule is Cc1ccc(CCNC(=O)[C@@H]2CCCN(c3ncnc4c3nc3n4CCCCC3)C2)cc1. The highest BCUT2D eigenvalue weighted by molar-refractivity contribution is 5.85. The van der Waals surface area contributed by atoms with E-state index in [4.69, 9.17) is 4.98 Å². The van der Waals surface area contributed by atoms with Crippen LogP contribution in [0.15, 0.2) is 30.6 Å². The molecule has 0 aliphatic carbocycles. The number of fused-ring (bicyclic) bond motifs is 3. The van der Waals surface area contributed by atoms with Gasteiger partial charge in [-0.15, -0.1) is 0 Å². The molecule has 1 fully saturated rings. The number of carbonyl (C=O) groups is 1. The first kappa shape index (κ1) is 20.9. The van der Waals surface area contributed by atoms with Crippen LogP contribution in [0.3, 0.4) is 0 Å². The van der Waals surface area contributed by atoms with Gasteiger partial charge in [0.2, 0.25) is 5.91 Å². The Morgan fingerprint density at radius 2 is 1.97 bits per heavy atom. The van der Waals surface area contributed by atoms with Crippen molar-refractivity contribution in [2.45, 2.75) is 58.4 Å². The molecule has 0 radical (unpaired) electrons. The van der Waals surface area contributed by atoms with E-state index in [1.54, 1.807) is 6.33 Å². The van der Waals surface area contributed by atoms with Gasteiger partial charge in [-0.25, -0.2) is 15.0 Å². The Hall–Kier alpha value is -2.96. The van der Waals surface area contributed by atoms with Gasteiger partial charge in [-0.2, -0.15) is 0 Å². The summed E-state index contributed by atoms with van der Waals surface area (Å²) in [5, 5.41) is 3.15. The van der Waals surface area contributed by atoms with Crippen molar-refractivity contribution in [1.29, 1.82) is 0 Å². The molecule has 168 valence electrons. The molecule has 0 saturated carbocycles. The predicted molar refractivity (Wildman–Crippen MR) is 126 cm³/mol. The van der Waals surface area contributed by atoms with Gasteiger partial charge in [-0.3, -0.25) is 4.79 Å². The Morgan fingerprint density at radius 1 is 1.09 bits per heavy atom. The average Bonchev–Trinajstić information content (AvgIpc) is 3.01. The van der Waals surface area contributed by atoms with Crippen LogP contribution in [0.4, 0.5) is 5.82 Å². The number of benzene rings is 1. The topological polar surface area (TPSA) is 75.9 Å². The van der Waals surface area contributed by atoms with Gasteiger partial charge in [0, 0.05) is 32.6 Å². The van der Waals surface area contributed by atoms with Gasteiger partial charge in [0.05, 0.1) is 5.92 Å². The number of imidazole rings is 1. The number of carbonyl (C=O) groups excluding carboxylic acids is 1. The molecule has 2 aromatic heterocycles. The first-order valence-corrected chi connectivity index (χ1v) is 12.0. The number of anilines is 1. The molecule has 2 aliphatic heterocycles. The van der Waals surface area contributed by atoms with Crippen LogP contribution in [0.5, 0.6) is 0 Å². The molecule has 2 aliphatic rings. The molecule has 1 amide bonds. The van der Waals surface area contributed by atoms with Crippen molar-refractivity contribution < 1.29 is 4.79 Å². The first-order valence-electron chi connectivity index (χ1n) is 12.0. The van der Waals surface area contributed by atoms with E-state index in [0.717, 1.165) is 61.6 Å². The van der Waals surface area contributed by atoms with E-state index in [9.17, 15) is 4.79 Å². The van der Waals surface area contributed by atoms with Crippen LogP contribution in [-0.2, 0) is 24.2 Å². The minimum absolute atomic E-state index is 0.0211. The third-order valence-electron chi connectivity index (χ3n) is 6.80. The number of nitrogens with zero attached hydrogens (tertiary/aromatic N) is 5. The van der Waals surface area contributed by atoms with Crippen molar-refractivity contribution >= 4 is 22.9 Å². The molecule has 1 N–H and O–H groups in total. The number of aryl methyl sites for hydroxylation is 3. The lowest BCUT2D eigenvalue weighted by molar-refractivity contribution is -0.125. The monoisotopic (exact) mass is 432 g/mol. The van der Waals surface area contributed by atoms with Gasteiger partial charge >= 0.3 is 0 Å². The second-order valence-electron chi connectivity index (χ2n) is 9.17. The maximum absolute atomic E-state index is 12.9. The standard InChI is InChI=1S/C25H32N6O/c1-18-8-10-19(11-9-18)12-13-26-25(32)20-6-5-14-30(16-20)23-22-24(28-17-27-23)31-15-4-2-3-7-21(31)29-22/h8-11,17,20H,2-7,12-16H2,1H3,(H,26,32)/t20-/m1/s1. The number of aromatic nitrogens is 4. The summed E-state index contributed by atoms with van der Waals surface area (Å²) in [6.07, 6.45) is 9.01. The summed E-state index contributed by atoms with van der Waals surface area (Å²) in [6, 6.07) is 8.51. The summed E-state index contributed by atoms with van der Waals surface area (Å²) < 4.78 is 2.27. The Labute approximate surface area is 189 Å². The Morgan fingerprint density at radius 3 is 2.84 bits per heavy atom. The molecule has 1 aromatic carbocycles.